The van der Waals surface area contributed by atoms with Gasteiger partial charge in [-0.05, 0) is 0 Å². The summed E-state index contributed by atoms with van der Waals surface area (Å²) >= 11 is 0. The van der Waals surface area contributed by atoms with Crippen molar-refractivity contribution < 1.29 is 48.7 Å². The summed E-state index contributed by atoms with van der Waals surface area (Å²) in [4.78, 5) is 9.76. The Hall–Kier alpha value is -1.02. The Morgan fingerprint density at radius 3 is 1.53 bits per heavy atom. The molecule has 0 rings (SSSR count). The van der Waals surface area contributed by atoms with E-state index in [0.29, 0.717) is 0 Å². The molecule has 0 aromatic carbocycles. The Morgan fingerprint density at radius 2 is 1.29 bits per heavy atom. The number of aliphatic carboxylic acids is 1. The number of halogens is 5. The summed E-state index contributed by atoms with van der Waals surface area (Å²) in [6.45, 7) is 0. The lowest BCUT2D eigenvalue weighted by Gasteiger charge is -2.14. The summed E-state index contributed by atoms with van der Waals surface area (Å²) in [5.41, 5.74) is -6.19. The normalized spacial score (nSPS) is 14.6. The lowest BCUT2D eigenvalue weighted by molar-refractivity contribution is -0.153. The third-order valence-corrected chi connectivity index (χ3v) is 4.32. The molecule has 7 nitrogen and oxygen atoms in total. The van der Waals surface area contributed by atoms with E-state index in [1.54, 1.807) is 0 Å². The van der Waals surface area contributed by atoms with E-state index < -0.39 is 40.9 Å². The van der Waals surface area contributed by atoms with Crippen molar-refractivity contribution in [1.82, 2.24) is 4.13 Å². The van der Waals surface area contributed by atoms with Gasteiger partial charge in [0, 0.05) is 0 Å². The molecule has 0 saturated carbocycles. The molecule has 0 aliphatic rings. The molecule has 0 radical (unpaired) electrons. The van der Waals surface area contributed by atoms with Crippen LogP contribution in [0.5, 0.6) is 0 Å². The minimum atomic E-state index is -6.65. The van der Waals surface area contributed by atoms with Crippen molar-refractivity contribution in [2.45, 2.75) is 10.8 Å². The standard InChI is InChI=1S/C3H2F5NO6S2/c4-2(5,1(10)11)16(12,13)9-17(14,15)3(6,7)8/h9H,(H,10,11). The fraction of sp³-hybridized carbons (Fsp3) is 0.667. The summed E-state index contributed by atoms with van der Waals surface area (Å²) in [7, 11) is -13.2. The largest absolute Gasteiger partial charge is 0.512 e. The number of rotatable bonds is 4. The SMILES string of the molecule is O=C(O)C(F)(F)S(=O)(=O)NS(=O)(=O)C(F)(F)F. The zero-order chi connectivity index (χ0) is 14.3. The summed E-state index contributed by atoms with van der Waals surface area (Å²) in [6.07, 6.45) is 0. The predicted molar refractivity (Wildman–Crippen MR) is 39.6 cm³/mol. The number of alkyl halides is 5. The van der Waals surface area contributed by atoms with E-state index in [9.17, 15) is 43.6 Å². The van der Waals surface area contributed by atoms with Gasteiger partial charge in [-0.1, -0.05) is 4.13 Å². The summed E-state index contributed by atoms with van der Waals surface area (Å²) in [5.74, 6) is -3.33. The maximum Gasteiger partial charge on any atom is 0.512 e. The molecule has 0 atom stereocenters. The molecule has 14 heteroatoms. The van der Waals surface area contributed by atoms with Crippen LogP contribution in [0.3, 0.4) is 0 Å². The number of nitrogens with one attached hydrogen (secondary N) is 1. The van der Waals surface area contributed by atoms with Crippen LogP contribution in [-0.2, 0) is 24.8 Å². The molecule has 0 aliphatic carbocycles. The molecule has 0 aliphatic heterocycles. The van der Waals surface area contributed by atoms with Gasteiger partial charge in [0.15, 0.2) is 0 Å². The molecule has 0 saturated heterocycles. The van der Waals surface area contributed by atoms with Crippen LogP contribution in [0, 0.1) is 0 Å². The lowest BCUT2D eigenvalue weighted by Crippen LogP contribution is -2.50. The highest BCUT2D eigenvalue weighted by molar-refractivity contribution is 8.05. The second-order valence-electron chi connectivity index (χ2n) is 2.36. The minimum Gasteiger partial charge on any atom is -0.476 e. The Morgan fingerprint density at radius 1 is 0.941 bits per heavy atom. The molecule has 0 aromatic heterocycles. The lowest BCUT2D eigenvalue weighted by atomic mass is 10.7. The summed E-state index contributed by atoms with van der Waals surface area (Å²) in [6, 6.07) is 0. The van der Waals surface area contributed by atoms with E-state index >= 15 is 0 Å². The number of carboxylic acid groups (broad SMARTS) is 1. The molecular formula is C3H2F5NO6S2. The molecular weight excluding hydrogens is 305 g/mol. The number of carboxylic acids is 1. The van der Waals surface area contributed by atoms with Gasteiger partial charge >= 0.3 is 36.8 Å². The molecule has 17 heavy (non-hydrogen) atoms. The highest BCUT2D eigenvalue weighted by atomic mass is 32.3. The number of sulfonamides is 2. The molecule has 0 amide bonds. The number of hydrogen-bond acceptors (Lipinski definition) is 5. The Balaban J connectivity index is 5.54. The van der Waals surface area contributed by atoms with E-state index in [1.165, 1.54) is 0 Å². The van der Waals surface area contributed by atoms with Crippen LogP contribution in [0.1, 0.15) is 0 Å². The van der Waals surface area contributed by atoms with E-state index in [1.807, 2.05) is 0 Å². The predicted octanol–water partition coefficient (Wildman–Crippen LogP) is -0.567. The molecule has 0 spiro atoms. The summed E-state index contributed by atoms with van der Waals surface area (Å²) in [5, 5.41) is 2.00. The van der Waals surface area contributed by atoms with Crippen LogP contribution in [0.15, 0.2) is 0 Å². The molecule has 102 valence electrons. The van der Waals surface area contributed by atoms with E-state index in [0.717, 1.165) is 0 Å². The highest BCUT2D eigenvalue weighted by Gasteiger charge is 2.59. The molecule has 0 aromatic rings. The van der Waals surface area contributed by atoms with E-state index in [4.69, 9.17) is 5.11 Å². The smallest absolute Gasteiger partial charge is 0.476 e. The molecule has 0 unspecified atom stereocenters. The molecule has 0 heterocycles. The van der Waals surface area contributed by atoms with Gasteiger partial charge in [-0.25, -0.2) is 21.6 Å². The van der Waals surface area contributed by atoms with Crippen LogP contribution in [0.25, 0.3) is 0 Å². The van der Waals surface area contributed by atoms with Crippen LogP contribution in [0.4, 0.5) is 22.0 Å². The van der Waals surface area contributed by atoms with Crippen LogP contribution in [-0.4, -0.2) is 38.7 Å². The first-order valence-corrected chi connectivity index (χ1v) is 6.07. The Kier molecular flexibility index (Phi) is 3.78. The first-order chi connectivity index (χ1) is 7.15. The zero-order valence-corrected chi connectivity index (χ0v) is 8.83. The average Bonchev–Trinajstić information content (AvgIpc) is 1.98. The third kappa shape index (κ3) is 3.01. The van der Waals surface area contributed by atoms with Crippen LogP contribution >= 0.6 is 0 Å². The van der Waals surface area contributed by atoms with Crippen molar-refractivity contribution in [2.24, 2.45) is 0 Å². The second-order valence-corrected chi connectivity index (χ2v) is 6.01. The van der Waals surface area contributed by atoms with Crippen LogP contribution < -0.4 is 4.13 Å². The highest BCUT2D eigenvalue weighted by Crippen LogP contribution is 2.26. The molecule has 0 fully saturated rings. The number of hydrogen-bond donors (Lipinski definition) is 2. The van der Waals surface area contributed by atoms with Gasteiger partial charge in [0.1, 0.15) is 0 Å². The maximum absolute atomic E-state index is 12.4. The van der Waals surface area contributed by atoms with Gasteiger partial charge in [0.2, 0.25) is 0 Å². The Bertz CT molecular complexity index is 516. The van der Waals surface area contributed by atoms with Crippen molar-refractivity contribution in [3.05, 3.63) is 0 Å². The average molecular weight is 307 g/mol. The van der Waals surface area contributed by atoms with Gasteiger partial charge in [0.05, 0.1) is 0 Å². The van der Waals surface area contributed by atoms with Gasteiger partial charge in [0.25, 0.3) is 0 Å². The van der Waals surface area contributed by atoms with Gasteiger partial charge in [-0.3, -0.25) is 0 Å². The van der Waals surface area contributed by atoms with Crippen molar-refractivity contribution >= 4 is 26.0 Å². The van der Waals surface area contributed by atoms with Crippen molar-refractivity contribution in [2.75, 3.05) is 0 Å². The molecule has 2 N–H and O–H groups in total. The first kappa shape index (κ1) is 16.0. The van der Waals surface area contributed by atoms with Crippen molar-refractivity contribution in [3.8, 4) is 0 Å². The molecule has 0 bridgehead atoms. The van der Waals surface area contributed by atoms with E-state index in [-0.39, 0.29) is 0 Å². The van der Waals surface area contributed by atoms with Gasteiger partial charge in [-0.15, -0.1) is 0 Å². The monoisotopic (exact) mass is 307 g/mol. The van der Waals surface area contributed by atoms with Gasteiger partial charge in [-0.2, -0.15) is 22.0 Å². The van der Waals surface area contributed by atoms with Crippen molar-refractivity contribution in [3.63, 3.8) is 0 Å². The first-order valence-electron chi connectivity index (χ1n) is 3.11. The van der Waals surface area contributed by atoms with Crippen LogP contribution in [0.2, 0.25) is 0 Å². The maximum atomic E-state index is 12.4. The second kappa shape index (κ2) is 4.02. The number of carbonyl (C=O) groups is 1. The topological polar surface area (TPSA) is 118 Å². The fourth-order valence-corrected chi connectivity index (χ4v) is 2.54. The van der Waals surface area contributed by atoms with Crippen molar-refractivity contribution in [1.29, 1.82) is 0 Å². The zero-order valence-electron chi connectivity index (χ0n) is 7.19. The quantitative estimate of drug-likeness (QED) is 0.672. The van der Waals surface area contributed by atoms with Gasteiger partial charge < -0.3 is 5.11 Å². The fourth-order valence-electron chi connectivity index (χ4n) is 0.359. The Labute approximate surface area is 90.3 Å². The minimum absolute atomic E-state index is 0.417. The van der Waals surface area contributed by atoms with E-state index in [2.05, 4.69) is 0 Å². The summed E-state index contributed by atoms with van der Waals surface area (Å²) < 4.78 is 101. The third-order valence-electron chi connectivity index (χ3n) is 1.11.